The summed E-state index contributed by atoms with van der Waals surface area (Å²) in [5, 5.41) is 0.580. The largest absolute Gasteiger partial charge is 0.295 e. The van der Waals surface area contributed by atoms with E-state index in [1.54, 1.807) is 0 Å². The van der Waals surface area contributed by atoms with Gasteiger partial charge in [-0.15, -0.1) is 0 Å². The lowest BCUT2D eigenvalue weighted by Crippen LogP contribution is -2.72. The SMILES string of the molecule is CC(C)CC1(C)NNC(=S)NN1. The summed E-state index contributed by atoms with van der Waals surface area (Å²) in [7, 11) is 0. The standard InChI is InChI=1S/C7H16N4S/c1-5(2)4-7(3)10-8-6(12)9-11-7/h5,10-11H,4H2,1-3H3,(H2,8,9,12). The summed E-state index contributed by atoms with van der Waals surface area (Å²) in [6.07, 6.45) is 1.02. The van der Waals surface area contributed by atoms with E-state index in [9.17, 15) is 0 Å². The van der Waals surface area contributed by atoms with E-state index in [0.29, 0.717) is 11.0 Å². The Morgan fingerprint density at radius 1 is 1.33 bits per heavy atom. The second-order valence-electron chi connectivity index (χ2n) is 3.76. The molecule has 4 N–H and O–H groups in total. The molecule has 0 spiro atoms. The van der Waals surface area contributed by atoms with Gasteiger partial charge in [-0.25, -0.2) is 10.9 Å². The molecule has 5 heteroatoms. The predicted molar refractivity (Wildman–Crippen MR) is 53.0 cm³/mol. The maximum Gasteiger partial charge on any atom is 0.195 e. The van der Waals surface area contributed by atoms with E-state index in [2.05, 4.69) is 42.5 Å². The summed E-state index contributed by atoms with van der Waals surface area (Å²) >= 11 is 4.87. The van der Waals surface area contributed by atoms with E-state index in [1.807, 2.05) is 0 Å². The zero-order valence-electron chi connectivity index (χ0n) is 7.69. The highest BCUT2D eigenvalue weighted by Gasteiger charge is 2.27. The second kappa shape index (κ2) is 3.55. The van der Waals surface area contributed by atoms with E-state index in [1.165, 1.54) is 0 Å². The molecule has 4 nitrogen and oxygen atoms in total. The van der Waals surface area contributed by atoms with Gasteiger partial charge in [-0.2, -0.15) is 0 Å². The lowest BCUT2D eigenvalue weighted by Gasteiger charge is -2.38. The van der Waals surface area contributed by atoms with Gasteiger partial charge >= 0.3 is 0 Å². The highest BCUT2D eigenvalue weighted by atomic mass is 32.1. The Balaban J connectivity index is 2.44. The van der Waals surface area contributed by atoms with Gasteiger partial charge < -0.3 is 0 Å². The third-order valence-electron chi connectivity index (χ3n) is 1.72. The molecule has 0 aromatic carbocycles. The number of hydrazine groups is 2. The van der Waals surface area contributed by atoms with Crippen molar-refractivity contribution in [3.05, 3.63) is 0 Å². The lowest BCUT2D eigenvalue weighted by molar-refractivity contribution is 0.188. The molecule has 1 aliphatic heterocycles. The van der Waals surface area contributed by atoms with Crippen LogP contribution < -0.4 is 21.7 Å². The lowest BCUT2D eigenvalue weighted by atomic mass is 10.0. The number of rotatable bonds is 2. The molecule has 0 atom stereocenters. The van der Waals surface area contributed by atoms with Crippen LogP contribution in [0.2, 0.25) is 0 Å². The van der Waals surface area contributed by atoms with Gasteiger partial charge in [0.2, 0.25) is 0 Å². The van der Waals surface area contributed by atoms with Crippen LogP contribution in [0.4, 0.5) is 0 Å². The predicted octanol–water partition coefficient (Wildman–Crippen LogP) is 0.236. The van der Waals surface area contributed by atoms with Crippen LogP contribution in [0, 0.1) is 5.92 Å². The molecule has 1 aliphatic rings. The van der Waals surface area contributed by atoms with Gasteiger partial charge in [-0.1, -0.05) is 13.8 Å². The van der Waals surface area contributed by atoms with Crippen molar-refractivity contribution in [1.82, 2.24) is 21.7 Å². The molecule has 0 radical (unpaired) electrons. The monoisotopic (exact) mass is 188 g/mol. The van der Waals surface area contributed by atoms with E-state index < -0.39 is 0 Å². The molecular weight excluding hydrogens is 172 g/mol. The van der Waals surface area contributed by atoms with Crippen molar-refractivity contribution < 1.29 is 0 Å². The molecule has 70 valence electrons. The van der Waals surface area contributed by atoms with Gasteiger partial charge in [0.15, 0.2) is 5.11 Å². The van der Waals surface area contributed by atoms with Crippen molar-refractivity contribution >= 4 is 17.3 Å². The fourth-order valence-electron chi connectivity index (χ4n) is 1.37. The average molecular weight is 188 g/mol. The van der Waals surface area contributed by atoms with Gasteiger partial charge in [0.05, 0.1) is 0 Å². The van der Waals surface area contributed by atoms with Crippen LogP contribution in [0.3, 0.4) is 0 Å². The summed E-state index contributed by atoms with van der Waals surface area (Å²) in [6, 6.07) is 0. The Hall–Kier alpha value is -0.390. The minimum Gasteiger partial charge on any atom is -0.295 e. The van der Waals surface area contributed by atoms with E-state index in [0.717, 1.165) is 6.42 Å². The minimum atomic E-state index is -0.128. The molecule has 1 saturated heterocycles. The van der Waals surface area contributed by atoms with Crippen molar-refractivity contribution in [3.8, 4) is 0 Å². The smallest absolute Gasteiger partial charge is 0.195 e. The summed E-state index contributed by atoms with van der Waals surface area (Å²) in [5.74, 6) is 0.630. The first-order valence-electron chi connectivity index (χ1n) is 4.12. The minimum absolute atomic E-state index is 0.128. The van der Waals surface area contributed by atoms with Crippen molar-refractivity contribution in [3.63, 3.8) is 0 Å². The van der Waals surface area contributed by atoms with Crippen molar-refractivity contribution in [2.24, 2.45) is 5.92 Å². The summed E-state index contributed by atoms with van der Waals surface area (Å²) < 4.78 is 0. The Kier molecular flexibility index (Phi) is 2.87. The molecule has 1 rings (SSSR count). The zero-order chi connectivity index (χ0) is 9.19. The average Bonchev–Trinajstić information content (AvgIpc) is 1.94. The van der Waals surface area contributed by atoms with Crippen LogP contribution in [-0.4, -0.2) is 10.8 Å². The van der Waals surface area contributed by atoms with Crippen LogP contribution >= 0.6 is 12.2 Å². The molecule has 0 unspecified atom stereocenters. The van der Waals surface area contributed by atoms with Crippen molar-refractivity contribution in [2.75, 3.05) is 0 Å². The van der Waals surface area contributed by atoms with E-state index in [4.69, 9.17) is 12.2 Å². The number of nitrogens with one attached hydrogen (secondary N) is 4. The highest BCUT2D eigenvalue weighted by Crippen LogP contribution is 2.12. The van der Waals surface area contributed by atoms with Gasteiger partial charge in [0.1, 0.15) is 5.66 Å². The van der Waals surface area contributed by atoms with Gasteiger partial charge in [-0.3, -0.25) is 10.9 Å². The molecule has 0 bridgehead atoms. The topological polar surface area (TPSA) is 48.1 Å². The molecular formula is C7H16N4S. The normalized spacial score (nSPS) is 21.8. The molecule has 12 heavy (non-hydrogen) atoms. The van der Waals surface area contributed by atoms with E-state index >= 15 is 0 Å². The van der Waals surface area contributed by atoms with Crippen LogP contribution in [0.1, 0.15) is 27.2 Å². The Labute approximate surface area is 78.4 Å². The fraction of sp³-hybridized carbons (Fsp3) is 0.857. The first-order valence-corrected chi connectivity index (χ1v) is 4.53. The maximum atomic E-state index is 4.87. The van der Waals surface area contributed by atoms with Crippen molar-refractivity contribution in [1.29, 1.82) is 0 Å². The highest BCUT2D eigenvalue weighted by molar-refractivity contribution is 7.80. The van der Waals surface area contributed by atoms with Crippen LogP contribution in [-0.2, 0) is 0 Å². The van der Waals surface area contributed by atoms with Crippen LogP contribution in [0.25, 0.3) is 0 Å². The molecule has 0 amide bonds. The molecule has 0 aromatic rings. The van der Waals surface area contributed by atoms with Gasteiger partial charge in [-0.05, 0) is 31.5 Å². The second-order valence-corrected chi connectivity index (χ2v) is 4.17. The molecule has 0 aromatic heterocycles. The van der Waals surface area contributed by atoms with Crippen molar-refractivity contribution in [2.45, 2.75) is 32.9 Å². The molecule has 0 saturated carbocycles. The zero-order valence-corrected chi connectivity index (χ0v) is 8.51. The number of hydrogen-bond donors (Lipinski definition) is 4. The Morgan fingerprint density at radius 2 is 1.83 bits per heavy atom. The first-order chi connectivity index (χ1) is 5.52. The number of thiocarbonyl (C=S) groups is 1. The maximum absolute atomic E-state index is 4.87. The van der Waals surface area contributed by atoms with Gasteiger partial charge in [0, 0.05) is 0 Å². The van der Waals surface area contributed by atoms with E-state index in [-0.39, 0.29) is 5.66 Å². The van der Waals surface area contributed by atoms with Crippen LogP contribution in [0.15, 0.2) is 0 Å². The summed E-state index contributed by atoms with van der Waals surface area (Å²) in [5.41, 5.74) is 11.9. The third kappa shape index (κ3) is 2.58. The summed E-state index contributed by atoms with van der Waals surface area (Å²) in [4.78, 5) is 0. The summed E-state index contributed by atoms with van der Waals surface area (Å²) in [6.45, 7) is 6.44. The molecule has 1 fully saturated rings. The van der Waals surface area contributed by atoms with Crippen LogP contribution in [0.5, 0.6) is 0 Å². The fourth-order valence-corrected chi connectivity index (χ4v) is 1.47. The first kappa shape index (κ1) is 9.70. The third-order valence-corrected chi connectivity index (χ3v) is 1.92. The van der Waals surface area contributed by atoms with Gasteiger partial charge in [0.25, 0.3) is 0 Å². The molecule has 1 heterocycles. The molecule has 0 aliphatic carbocycles. The Morgan fingerprint density at radius 3 is 2.25 bits per heavy atom. The Bertz CT molecular complexity index is 170. The quantitative estimate of drug-likeness (QED) is 0.468. The number of hydrogen-bond acceptors (Lipinski definition) is 3.